The maximum atomic E-state index is 2.00. The zero-order valence-corrected chi connectivity index (χ0v) is 5.56. The second-order valence-electron chi connectivity index (χ2n) is 1.54. The van der Waals surface area contributed by atoms with Gasteiger partial charge in [0.2, 0.25) is 0 Å². The lowest BCUT2D eigenvalue weighted by Gasteiger charge is -1.77. The fourth-order valence-corrected chi connectivity index (χ4v) is 0.485. The predicted octanol–water partition coefficient (Wildman–Crippen LogP) is 0.933. The molecule has 0 spiro atoms. The van der Waals surface area contributed by atoms with Crippen molar-refractivity contribution in [3.05, 3.63) is 30.6 Å². The molecule has 0 unspecified atom stereocenters. The van der Waals surface area contributed by atoms with Crippen molar-refractivity contribution in [3.8, 4) is 0 Å². The Morgan fingerprint density at radius 3 is 1.75 bits per heavy atom. The monoisotopic (exact) mass is 130 g/mol. The quantitative estimate of drug-likeness (QED) is 0.460. The van der Waals surface area contributed by atoms with E-state index in [0.29, 0.717) is 0 Å². The molecule has 44 valence electrons. The van der Waals surface area contributed by atoms with E-state index in [1.54, 1.807) is 0 Å². The molecule has 0 aliphatic carbocycles. The lowest BCUT2D eigenvalue weighted by molar-refractivity contribution is -0.671. The molecule has 1 aromatic rings. The number of nitrogens with zero attached hydrogens (tertiary/aromatic N) is 1. The maximum Gasteiger partial charge on any atom is 0.168 e. The van der Waals surface area contributed by atoms with Crippen LogP contribution in [-0.4, -0.2) is 0 Å². The molecule has 0 aromatic carbocycles. The first-order valence-corrected chi connectivity index (χ1v) is 2.30. The Bertz CT molecular complexity index is 138. The van der Waals surface area contributed by atoms with E-state index < -0.39 is 0 Å². The first-order valence-electron chi connectivity index (χ1n) is 2.30. The lowest BCUT2D eigenvalue weighted by Crippen LogP contribution is -2.25. The molecule has 0 aliphatic rings. The van der Waals surface area contributed by atoms with Gasteiger partial charge in [0.05, 0.1) is 0 Å². The number of pyridine rings is 1. The van der Waals surface area contributed by atoms with Crippen LogP contribution in [0, 0.1) is 0 Å². The van der Waals surface area contributed by atoms with Crippen LogP contribution in [0.4, 0.5) is 0 Å². The van der Waals surface area contributed by atoms with Gasteiger partial charge in [0.25, 0.3) is 0 Å². The van der Waals surface area contributed by atoms with Gasteiger partial charge < -0.3 is 0 Å². The SMILES string of the molecule is C[n+]1ccccc1.Cl. The summed E-state index contributed by atoms with van der Waals surface area (Å²) < 4.78 is 2.00. The van der Waals surface area contributed by atoms with E-state index in [4.69, 9.17) is 0 Å². The topological polar surface area (TPSA) is 3.88 Å². The van der Waals surface area contributed by atoms with Gasteiger partial charge in [0.1, 0.15) is 7.05 Å². The van der Waals surface area contributed by atoms with E-state index in [0.717, 1.165) is 0 Å². The van der Waals surface area contributed by atoms with E-state index in [9.17, 15) is 0 Å². The Hall–Kier alpha value is -0.560. The summed E-state index contributed by atoms with van der Waals surface area (Å²) in [7, 11) is 2.00. The van der Waals surface area contributed by atoms with Gasteiger partial charge >= 0.3 is 0 Å². The van der Waals surface area contributed by atoms with Crippen molar-refractivity contribution < 1.29 is 4.57 Å². The molecule has 0 atom stereocenters. The highest BCUT2D eigenvalue weighted by Crippen LogP contribution is 1.71. The van der Waals surface area contributed by atoms with Crippen LogP contribution in [0.15, 0.2) is 30.6 Å². The van der Waals surface area contributed by atoms with Crippen molar-refractivity contribution in [1.82, 2.24) is 0 Å². The van der Waals surface area contributed by atoms with E-state index in [1.165, 1.54) is 0 Å². The van der Waals surface area contributed by atoms with Crippen molar-refractivity contribution in [1.29, 1.82) is 0 Å². The number of aromatic nitrogens is 1. The van der Waals surface area contributed by atoms with Crippen molar-refractivity contribution in [2.24, 2.45) is 7.05 Å². The number of aryl methyl sites for hydroxylation is 1. The number of rotatable bonds is 0. The summed E-state index contributed by atoms with van der Waals surface area (Å²) >= 11 is 0. The molecular weight excluding hydrogens is 122 g/mol. The molecule has 0 saturated carbocycles. The van der Waals surface area contributed by atoms with Gasteiger partial charge in [-0.05, 0) is 0 Å². The van der Waals surface area contributed by atoms with Crippen molar-refractivity contribution in [3.63, 3.8) is 0 Å². The van der Waals surface area contributed by atoms with Crippen molar-refractivity contribution in [2.45, 2.75) is 0 Å². The molecule has 8 heavy (non-hydrogen) atoms. The normalized spacial score (nSPS) is 7.62. The smallest absolute Gasteiger partial charge is 0.168 e. The average molecular weight is 131 g/mol. The molecule has 0 radical (unpaired) electrons. The highest BCUT2D eigenvalue weighted by molar-refractivity contribution is 5.85. The van der Waals surface area contributed by atoms with Gasteiger partial charge in [-0.1, -0.05) is 6.07 Å². The molecule has 2 heteroatoms. The summed E-state index contributed by atoms with van der Waals surface area (Å²) in [6.45, 7) is 0. The van der Waals surface area contributed by atoms with E-state index in [-0.39, 0.29) is 12.4 Å². The molecular formula is C6H9ClN+. The molecule has 0 aliphatic heterocycles. The summed E-state index contributed by atoms with van der Waals surface area (Å²) in [5.74, 6) is 0. The third-order valence-electron chi connectivity index (χ3n) is 0.865. The zero-order valence-electron chi connectivity index (χ0n) is 4.74. The van der Waals surface area contributed by atoms with E-state index >= 15 is 0 Å². The Labute approximate surface area is 55.4 Å². The van der Waals surface area contributed by atoms with Gasteiger partial charge in [-0.2, -0.15) is 0 Å². The minimum absolute atomic E-state index is 0. The second-order valence-corrected chi connectivity index (χ2v) is 1.54. The van der Waals surface area contributed by atoms with E-state index in [2.05, 4.69) is 0 Å². The van der Waals surface area contributed by atoms with Crippen LogP contribution in [0.1, 0.15) is 0 Å². The van der Waals surface area contributed by atoms with Crippen LogP contribution in [0.3, 0.4) is 0 Å². The fraction of sp³-hybridized carbons (Fsp3) is 0.167. The number of hydrogen-bond acceptors (Lipinski definition) is 0. The first kappa shape index (κ1) is 7.44. The molecule has 0 amide bonds. The maximum absolute atomic E-state index is 2.00. The van der Waals surface area contributed by atoms with Crippen LogP contribution >= 0.6 is 12.4 Å². The van der Waals surface area contributed by atoms with Gasteiger partial charge in [0.15, 0.2) is 12.4 Å². The Balaban J connectivity index is 0.000000490. The summed E-state index contributed by atoms with van der Waals surface area (Å²) in [6, 6.07) is 6.00. The largest absolute Gasteiger partial charge is 0.208 e. The van der Waals surface area contributed by atoms with Crippen molar-refractivity contribution in [2.75, 3.05) is 0 Å². The second kappa shape index (κ2) is 3.44. The Morgan fingerprint density at radius 1 is 1.00 bits per heavy atom. The average Bonchev–Trinajstić information content (AvgIpc) is 1.69. The molecule has 0 fully saturated rings. The summed E-state index contributed by atoms with van der Waals surface area (Å²) in [5.41, 5.74) is 0. The summed E-state index contributed by atoms with van der Waals surface area (Å²) in [4.78, 5) is 0. The predicted molar refractivity (Wildman–Crippen MR) is 34.9 cm³/mol. The molecule has 1 heterocycles. The van der Waals surface area contributed by atoms with Gasteiger partial charge in [-0.25, -0.2) is 4.57 Å². The van der Waals surface area contributed by atoms with Gasteiger partial charge in [0, 0.05) is 12.1 Å². The van der Waals surface area contributed by atoms with Crippen molar-refractivity contribution >= 4 is 12.4 Å². The minimum Gasteiger partial charge on any atom is -0.208 e. The van der Waals surface area contributed by atoms with Crippen LogP contribution in [0.5, 0.6) is 0 Å². The highest BCUT2D eigenvalue weighted by Gasteiger charge is 1.78. The molecule has 1 rings (SSSR count). The van der Waals surface area contributed by atoms with Crippen LogP contribution in [0.2, 0.25) is 0 Å². The Morgan fingerprint density at radius 2 is 1.50 bits per heavy atom. The standard InChI is InChI=1S/C6H8N.ClH/c1-7-5-3-2-4-6-7;/h2-6H,1H3;1H/q+1;. The minimum atomic E-state index is 0. The van der Waals surface area contributed by atoms with Crippen LogP contribution in [0.25, 0.3) is 0 Å². The summed E-state index contributed by atoms with van der Waals surface area (Å²) in [5, 5.41) is 0. The summed E-state index contributed by atoms with van der Waals surface area (Å²) in [6.07, 6.45) is 4.00. The third-order valence-corrected chi connectivity index (χ3v) is 0.865. The zero-order chi connectivity index (χ0) is 5.11. The molecule has 1 aromatic heterocycles. The van der Waals surface area contributed by atoms with Crippen LogP contribution < -0.4 is 4.57 Å². The molecule has 0 saturated heterocycles. The third kappa shape index (κ3) is 1.94. The van der Waals surface area contributed by atoms with Crippen LogP contribution in [-0.2, 0) is 7.05 Å². The first-order chi connectivity index (χ1) is 3.39. The van der Waals surface area contributed by atoms with Gasteiger partial charge in [-0.3, -0.25) is 0 Å². The lowest BCUT2D eigenvalue weighted by atomic mass is 10.5. The molecule has 0 N–H and O–H groups in total. The highest BCUT2D eigenvalue weighted by atomic mass is 35.5. The molecule has 1 nitrogen and oxygen atoms in total. The number of halogens is 1. The Kier molecular flexibility index (Phi) is 3.20. The fourth-order valence-electron chi connectivity index (χ4n) is 0.485. The number of hydrogen-bond donors (Lipinski definition) is 0. The van der Waals surface area contributed by atoms with Gasteiger partial charge in [-0.15, -0.1) is 12.4 Å². The molecule has 0 bridgehead atoms. The van der Waals surface area contributed by atoms with E-state index in [1.807, 2.05) is 42.2 Å².